The average Bonchev–Trinajstić information content (AvgIpc) is 3.69. The molecular weight excluding hydrogens is 703 g/mol. The van der Waals surface area contributed by atoms with Gasteiger partial charge in [0.1, 0.15) is 11.2 Å². The minimum atomic E-state index is 0.904. The monoisotopic (exact) mass is 739 g/mol. The lowest BCUT2D eigenvalue weighted by Crippen LogP contribution is -2.11. The molecule has 0 fully saturated rings. The summed E-state index contributed by atoms with van der Waals surface area (Å²) in [5.41, 5.74) is 14.4. The van der Waals surface area contributed by atoms with Gasteiger partial charge in [-0.25, -0.2) is 0 Å². The van der Waals surface area contributed by atoms with Crippen LogP contribution in [0.5, 0.6) is 0 Å². The van der Waals surface area contributed by atoms with E-state index in [1.165, 1.54) is 43.8 Å². The van der Waals surface area contributed by atoms with Gasteiger partial charge in [0, 0.05) is 33.3 Å². The Bertz CT molecular complexity index is 3280. The number of hydrogen-bond donors (Lipinski definition) is 0. The molecule has 0 saturated heterocycles. The van der Waals surface area contributed by atoms with Crippen molar-refractivity contribution >= 4 is 60.5 Å². The second kappa shape index (κ2) is 14.1. The molecule has 1 heterocycles. The third-order valence-electron chi connectivity index (χ3n) is 11.5. The van der Waals surface area contributed by atoms with Crippen molar-refractivity contribution in [2.45, 2.75) is 0 Å². The lowest BCUT2D eigenvalue weighted by Gasteiger charge is -2.28. The first kappa shape index (κ1) is 33.6. The molecule has 0 amide bonds. The Labute approximate surface area is 337 Å². The van der Waals surface area contributed by atoms with Crippen LogP contribution >= 0.6 is 0 Å². The van der Waals surface area contributed by atoms with Crippen LogP contribution in [0.15, 0.2) is 229 Å². The average molecular weight is 740 g/mol. The fourth-order valence-corrected chi connectivity index (χ4v) is 8.61. The largest absolute Gasteiger partial charge is 0.455 e. The predicted octanol–water partition coefficient (Wildman–Crippen LogP) is 16.0. The molecule has 272 valence electrons. The maximum Gasteiger partial charge on any atom is 0.143 e. The number of benzene rings is 10. The van der Waals surface area contributed by atoms with Crippen molar-refractivity contribution in [3.8, 4) is 44.5 Å². The second-order valence-corrected chi connectivity index (χ2v) is 14.9. The second-order valence-electron chi connectivity index (χ2n) is 14.9. The Morgan fingerprint density at radius 1 is 0.293 bits per heavy atom. The molecule has 0 aliphatic heterocycles. The van der Waals surface area contributed by atoms with Gasteiger partial charge in [0.25, 0.3) is 0 Å². The summed E-state index contributed by atoms with van der Waals surface area (Å²) in [5, 5.41) is 7.24. The van der Waals surface area contributed by atoms with E-state index in [0.29, 0.717) is 0 Å². The fraction of sp³-hybridized carbons (Fsp3) is 0. The van der Waals surface area contributed by atoms with Crippen molar-refractivity contribution in [3.05, 3.63) is 224 Å². The van der Waals surface area contributed by atoms with Gasteiger partial charge in [-0.1, -0.05) is 176 Å². The van der Waals surface area contributed by atoms with Crippen molar-refractivity contribution in [2.75, 3.05) is 4.90 Å². The molecule has 0 atom stereocenters. The highest BCUT2D eigenvalue weighted by Crippen LogP contribution is 2.44. The first-order valence-corrected chi connectivity index (χ1v) is 19.8. The molecule has 10 aromatic carbocycles. The molecule has 2 heteroatoms. The molecule has 0 bridgehead atoms. The van der Waals surface area contributed by atoms with E-state index >= 15 is 0 Å². The Kier molecular flexibility index (Phi) is 8.19. The van der Waals surface area contributed by atoms with Crippen LogP contribution in [0.25, 0.3) is 88.0 Å². The molecule has 0 saturated carbocycles. The SMILES string of the molecule is c1cc(-c2ccc3ccccc3c2)cc(-c2ccccc2N(c2ccc(-c3cccc4ccccc34)cc2)c2ccc(-c3cccc4c3oc3ccccc34)cc2)c1. The van der Waals surface area contributed by atoms with Gasteiger partial charge in [0.2, 0.25) is 0 Å². The third-order valence-corrected chi connectivity index (χ3v) is 11.5. The minimum absolute atomic E-state index is 0.904. The van der Waals surface area contributed by atoms with E-state index in [1.54, 1.807) is 0 Å². The third kappa shape index (κ3) is 5.91. The molecule has 0 aliphatic rings. The molecule has 0 aliphatic carbocycles. The van der Waals surface area contributed by atoms with Crippen LogP contribution in [0.1, 0.15) is 0 Å². The summed E-state index contributed by atoms with van der Waals surface area (Å²) < 4.78 is 6.45. The zero-order chi connectivity index (χ0) is 38.4. The number of para-hydroxylation sites is 3. The Hall–Kier alpha value is -7.68. The van der Waals surface area contributed by atoms with Crippen molar-refractivity contribution in [2.24, 2.45) is 0 Å². The number of rotatable bonds is 7. The van der Waals surface area contributed by atoms with Gasteiger partial charge in [-0.2, -0.15) is 0 Å². The van der Waals surface area contributed by atoms with E-state index in [4.69, 9.17) is 4.42 Å². The molecule has 0 unspecified atom stereocenters. The quantitative estimate of drug-likeness (QED) is 0.162. The highest BCUT2D eigenvalue weighted by molar-refractivity contribution is 6.09. The van der Waals surface area contributed by atoms with E-state index in [-0.39, 0.29) is 0 Å². The molecule has 11 aromatic rings. The van der Waals surface area contributed by atoms with Gasteiger partial charge < -0.3 is 9.32 Å². The molecule has 1 aromatic heterocycles. The summed E-state index contributed by atoms with van der Waals surface area (Å²) >= 11 is 0. The molecule has 0 radical (unpaired) electrons. The highest BCUT2D eigenvalue weighted by atomic mass is 16.3. The summed E-state index contributed by atoms with van der Waals surface area (Å²) in [6.45, 7) is 0. The molecule has 0 spiro atoms. The fourth-order valence-electron chi connectivity index (χ4n) is 8.61. The molecule has 0 N–H and O–H groups in total. The van der Waals surface area contributed by atoms with E-state index < -0.39 is 0 Å². The number of fused-ring (bicyclic) bond motifs is 5. The van der Waals surface area contributed by atoms with Gasteiger partial charge in [-0.3, -0.25) is 0 Å². The van der Waals surface area contributed by atoms with E-state index in [2.05, 4.69) is 217 Å². The molecule has 58 heavy (non-hydrogen) atoms. The van der Waals surface area contributed by atoms with E-state index in [1.807, 2.05) is 12.1 Å². The number of hydrogen-bond acceptors (Lipinski definition) is 2. The smallest absolute Gasteiger partial charge is 0.143 e. The lowest BCUT2D eigenvalue weighted by molar-refractivity contribution is 0.670. The Balaban J connectivity index is 1.04. The normalized spacial score (nSPS) is 11.4. The van der Waals surface area contributed by atoms with Crippen LogP contribution in [-0.2, 0) is 0 Å². The van der Waals surface area contributed by atoms with Gasteiger partial charge in [-0.05, 0) is 103 Å². The van der Waals surface area contributed by atoms with E-state index in [9.17, 15) is 0 Å². The van der Waals surface area contributed by atoms with Gasteiger partial charge in [0.05, 0.1) is 5.69 Å². The number of anilines is 3. The maximum absolute atomic E-state index is 6.45. The van der Waals surface area contributed by atoms with Crippen molar-refractivity contribution < 1.29 is 4.42 Å². The van der Waals surface area contributed by atoms with Crippen LogP contribution in [0, 0.1) is 0 Å². The Morgan fingerprint density at radius 3 is 1.66 bits per heavy atom. The lowest BCUT2D eigenvalue weighted by atomic mass is 9.95. The summed E-state index contributed by atoms with van der Waals surface area (Å²) in [5.74, 6) is 0. The Morgan fingerprint density at radius 2 is 0.828 bits per heavy atom. The summed E-state index contributed by atoms with van der Waals surface area (Å²) in [7, 11) is 0. The highest BCUT2D eigenvalue weighted by Gasteiger charge is 2.19. The van der Waals surface area contributed by atoms with Crippen LogP contribution in [0.2, 0.25) is 0 Å². The van der Waals surface area contributed by atoms with Crippen LogP contribution in [0.3, 0.4) is 0 Å². The zero-order valence-electron chi connectivity index (χ0n) is 31.7. The van der Waals surface area contributed by atoms with Crippen LogP contribution in [-0.4, -0.2) is 0 Å². The van der Waals surface area contributed by atoms with Crippen molar-refractivity contribution in [1.29, 1.82) is 0 Å². The van der Waals surface area contributed by atoms with Crippen molar-refractivity contribution in [3.63, 3.8) is 0 Å². The molecule has 2 nitrogen and oxygen atoms in total. The standard InChI is InChI=1S/C56H37NO/c1-2-14-42-36-44(27-26-38(42)12-1)43-16-9-17-45(37-43)50-19-5-7-24-54(50)57(46-32-28-40(29-33-46)49-21-10-15-39-13-3-4-18-48(39)49)47-34-30-41(31-35-47)51-22-11-23-53-52-20-6-8-25-55(52)58-56(51)53/h1-37H. The summed E-state index contributed by atoms with van der Waals surface area (Å²) in [6, 6.07) is 80.7. The topological polar surface area (TPSA) is 16.4 Å². The van der Waals surface area contributed by atoms with Crippen LogP contribution < -0.4 is 4.90 Å². The summed E-state index contributed by atoms with van der Waals surface area (Å²) in [6.07, 6.45) is 0. The zero-order valence-corrected chi connectivity index (χ0v) is 31.7. The molecule has 11 rings (SSSR count). The number of nitrogens with zero attached hydrogens (tertiary/aromatic N) is 1. The van der Waals surface area contributed by atoms with Crippen molar-refractivity contribution in [1.82, 2.24) is 0 Å². The maximum atomic E-state index is 6.45. The van der Waals surface area contributed by atoms with Gasteiger partial charge in [0.15, 0.2) is 0 Å². The molecular formula is C56H37NO. The van der Waals surface area contributed by atoms with Gasteiger partial charge >= 0.3 is 0 Å². The first-order chi connectivity index (χ1) is 28.7. The van der Waals surface area contributed by atoms with Gasteiger partial charge in [-0.15, -0.1) is 0 Å². The minimum Gasteiger partial charge on any atom is -0.455 e. The predicted molar refractivity (Wildman–Crippen MR) is 245 cm³/mol. The summed E-state index contributed by atoms with van der Waals surface area (Å²) in [4.78, 5) is 2.39. The van der Waals surface area contributed by atoms with E-state index in [0.717, 1.165) is 61.3 Å². The number of furan rings is 1. The first-order valence-electron chi connectivity index (χ1n) is 19.8. The van der Waals surface area contributed by atoms with Crippen LogP contribution in [0.4, 0.5) is 17.1 Å².